The Morgan fingerprint density at radius 2 is 1.74 bits per heavy atom. The van der Waals surface area contributed by atoms with E-state index in [1.807, 2.05) is 0 Å². The van der Waals surface area contributed by atoms with Crippen molar-refractivity contribution in [3.8, 4) is 0 Å². The van der Waals surface area contributed by atoms with Crippen molar-refractivity contribution in [2.75, 3.05) is 39.3 Å². The molecule has 2 saturated heterocycles. The molecule has 0 unspecified atom stereocenters. The van der Waals surface area contributed by atoms with Gasteiger partial charge in [-0.15, -0.1) is 12.4 Å². The van der Waals surface area contributed by atoms with E-state index in [-0.39, 0.29) is 34.8 Å². The van der Waals surface area contributed by atoms with Crippen LogP contribution in [0.5, 0.6) is 0 Å². The number of nitrogens with zero attached hydrogens (tertiary/aromatic N) is 2. The van der Waals surface area contributed by atoms with E-state index >= 15 is 0 Å². The lowest BCUT2D eigenvalue weighted by atomic mass is 10.0. The van der Waals surface area contributed by atoms with Crippen LogP contribution in [0.15, 0.2) is 18.2 Å². The summed E-state index contributed by atoms with van der Waals surface area (Å²) in [4.78, 5) is 27.9. The maximum absolute atomic E-state index is 13.8. The van der Waals surface area contributed by atoms with Gasteiger partial charge in [-0.1, -0.05) is 17.7 Å². The number of halogens is 3. The average molecular weight is 362 g/mol. The van der Waals surface area contributed by atoms with Crippen molar-refractivity contribution in [2.45, 2.75) is 0 Å². The number of nitrogens with one attached hydrogen (secondary N) is 1. The van der Waals surface area contributed by atoms with Gasteiger partial charge in [0, 0.05) is 39.3 Å². The molecule has 2 heterocycles. The predicted octanol–water partition coefficient (Wildman–Crippen LogP) is 1.40. The topological polar surface area (TPSA) is 52.7 Å². The van der Waals surface area contributed by atoms with E-state index in [1.54, 1.807) is 9.80 Å². The number of hydrogen-bond donors (Lipinski definition) is 1. The number of benzene rings is 1. The average Bonchev–Trinajstić information content (AvgIpc) is 2.45. The van der Waals surface area contributed by atoms with Crippen LogP contribution in [0.2, 0.25) is 5.02 Å². The third-order valence-corrected chi connectivity index (χ3v) is 4.50. The van der Waals surface area contributed by atoms with Gasteiger partial charge in [0.2, 0.25) is 5.91 Å². The molecule has 126 valence electrons. The fourth-order valence-electron chi connectivity index (χ4n) is 2.71. The second-order valence-electron chi connectivity index (χ2n) is 5.57. The van der Waals surface area contributed by atoms with E-state index in [1.165, 1.54) is 18.2 Å². The van der Waals surface area contributed by atoms with E-state index in [4.69, 9.17) is 11.6 Å². The Kier molecular flexibility index (Phi) is 5.84. The molecule has 2 amide bonds. The molecule has 1 aromatic carbocycles. The lowest BCUT2D eigenvalue weighted by molar-refractivity contribution is -0.138. The van der Waals surface area contributed by atoms with E-state index in [0.29, 0.717) is 26.2 Å². The normalized spacial score (nSPS) is 18.2. The first kappa shape index (κ1) is 18.0. The van der Waals surface area contributed by atoms with Crippen LogP contribution in [0.1, 0.15) is 10.4 Å². The molecule has 2 aliphatic rings. The summed E-state index contributed by atoms with van der Waals surface area (Å²) in [6, 6.07) is 4.20. The number of rotatable bonds is 2. The Hall–Kier alpha value is -1.37. The summed E-state index contributed by atoms with van der Waals surface area (Å²) in [6.45, 7) is 3.21. The molecule has 0 bridgehead atoms. The summed E-state index contributed by atoms with van der Waals surface area (Å²) in [6.07, 6.45) is 0. The monoisotopic (exact) mass is 361 g/mol. The third kappa shape index (κ3) is 3.59. The van der Waals surface area contributed by atoms with Gasteiger partial charge >= 0.3 is 0 Å². The summed E-state index contributed by atoms with van der Waals surface area (Å²) in [5.41, 5.74) is -0.0906. The molecule has 0 atom stereocenters. The first-order valence-electron chi connectivity index (χ1n) is 7.30. The molecule has 0 aromatic heterocycles. The smallest absolute Gasteiger partial charge is 0.258 e. The fraction of sp³-hybridized carbons (Fsp3) is 0.467. The van der Waals surface area contributed by atoms with Gasteiger partial charge in [-0.2, -0.15) is 0 Å². The lowest BCUT2D eigenvalue weighted by Crippen LogP contribution is -2.57. The van der Waals surface area contributed by atoms with Crippen LogP contribution in [0, 0.1) is 11.7 Å². The Morgan fingerprint density at radius 3 is 2.26 bits per heavy atom. The highest BCUT2D eigenvalue weighted by atomic mass is 35.5. The fourth-order valence-corrected chi connectivity index (χ4v) is 2.96. The molecule has 0 aliphatic carbocycles. The molecule has 2 fully saturated rings. The van der Waals surface area contributed by atoms with Gasteiger partial charge in [-0.25, -0.2) is 4.39 Å². The second-order valence-corrected chi connectivity index (χ2v) is 5.98. The van der Waals surface area contributed by atoms with Gasteiger partial charge in [-0.05, 0) is 12.1 Å². The molecule has 1 aromatic rings. The minimum absolute atomic E-state index is 0. The highest BCUT2D eigenvalue weighted by Gasteiger charge is 2.32. The summed E-state index contributed by atoms with van der Waals surface area (Å²) in [5.74, 6) is -0.838. The molecule has 2 aliphatic heterocycles. The summed E-state index contributed by atoms with van der Waals surface area (Å²) in [7, 11) is 0. The van der Waals surface area contributed by atoms with Crippen LogP contribution in [0.25, 0.3) is 0 Å². The van der Waals surface area contributed by atoms with Crippen LogP contribution in [0.4, 0.5) is 4.39 Å². The number of carbonyl (C=O) groups is 2. The molecular formula is C15H18Cl2FN3O2. The van der Waals surface area contributed by atoms with E-state index in [0.717, 1.165) is 13.1 Å². The predicted molar refractivity (Wildman–Crippen MR) is 87.5 cm³/mol. The van der Waals surface area contributed by atoms with Gasteiger partial charge in [0.1, 0.15) is 5.82 Å². The maximum Gasteiger partial charge on any atom is 0.258 e. The summed E-state index contributed by atoms with van der Waals surface area (Å²) < 4.78 is 13.8. The number of hydrogen-bond acceptors (Lipinski definition) is 3. The molecule has 0 spiro atoms. The van der Waals surface area contributed by atoms with Gasteiger partial charge in [-0.3, -0.25) is 9.59 Å². The molecule has 0 radical (unpaired) electrons. The Labute approximate surface area is 145 Å². The molecule has 0 saturated carbocycles. The van der Waals surface area contributed by atoms with Crippen molar-refractivity contribution >= 4 is 35.8 Å². The minimum atomic E-state index is -0.614. The van der Waals surface area contributed by atoms with Crippen molar-refractivity contribution in [1.29, 1.82) is 0 Å². The number of piperazine rings is 1. The van der Waals surface area contributed by atoms with Crippen LogP contribution in [-0.2, 0) is 4.79 Å². The molecular weight excluding hydrogens is 344 g/mol. The van der Waals surface area contributed by atoms with Gasteiger partial charge in [0.05, 0.1) is 16.5 Å². The highest BCUT2D eigenvalue weighted by molar-refractivity contribution is 6.33. The van der Waals surface area contributed by atoms with Crippen molar-refractivity contribution in [3.05, 3.63) is 34.6 Å². The van der Waals surface area contributed by atoms with Crippen molar-refractivity contribution in [2.24, 2.45) is 5.92 Å². The van der Waals surface area contributed by atoms with Crippen LogP contribution < -0.4 is 5.32 Å². The van der Waals surface area contributed by atoms with Crippen molar-refractivity contribution < 1.29 is 14.0 Å². The van der Waals surface area contributed by atoms with Gasteiger partial charge < -0.3 is 15.1 Å². The molecule has 1 N–H and O–H groups in total. The zero-order valence-corrected chi connectivity index (χ0v) is 14.0. The second kappa shape index (κ2) is 7.47. The quantitative estimate of drug-likeness (QED) is 0.866. The first-order valence-corrected chi connectivity index (χ1v) is 7.68. The third-order valence-electron chi connectivity index (χ3n) is 4.19. The van der Waals surface area contributed by atoms with Crippen molar-refractivity contribution in [1.82, 2.24) is 15.1 Å². The molecule has 5 nitrogen and oxygen atoms in total. The van der Waals surface area contributed by atoms with Crippen LogP contribution >= 0.6 is 24.0 Å². The Bertz CT molecular complexity index is 582. The SMILES string of the molecule is Cl.O=C(c1c(F)cccc1Cl)N1CCN(C(=O)C2CNC2)CC1. The minimum Gasteiger partial charge on any atom is -0.339 e. The molecule has 3 rings (SSSR count). The summed E-state index contributed by atoms with van der Waals surface area (Å²) >= 11 is 5.93. The molecule has 23 heavy (non-hydrogen) atoms. The highest BCUT2D eigenvalue weighted by Crippen LogP contribution is 2.22. The standard InChI is InChI=1S/C15H17ClFN3O2.ClH/c16-11-2-1-3-12(17)13(11)15(22)20-6-4-19(5-7-20)14(21)10-8-18-9-10;/h1-3,10,18H,4-9H2;1H. The zero-order valence-electron chi connectivity index (χ0n) is 12.4. The molecule has 8 heteroatoms. The van der Waals surface area contributed by atoms with E-state index in [2.05, 4.69) is 5.32 Å². The zero-order chi connectivity index (χ0) is 15.7. The van der Waals surface area contributed by atoms with E-state index in [9.17, 15) is 14.0 Å². The lowest BCUT2D eigenvalue weighted by Gasteiger charge is -2.38. The van der Waals surface area contributed by atoms with Crippen molar-refractivity contribution in [3.63, 3.8) is 0 Å². The van der Waals surface area contributed by atoms with Crippen LogP contribution in [-0.4, -0.2) is 60.9 Å². The van der Waals surface area contributed by atoms with Gasteiger partial charge in [0.25, 0.3) is 5.91 Å². The van der Waals surface area contributed by atoms with Gasteiger partial charge in [0.15, 0.2) is 0 Å². The number of amides is 2. The largest absolute Gasteiger partial charge is 0.339 e. The summed E-state index contributed by atoms with van der Waals surface area (Å²) in [5, 5.41) is 3.19. The Balaban J connectivity index is 0.00000192. The first-order chi connectivity index (χ1) is 10.6. The van der Waals surface area contributed by atoms with E-state index < -0.39 is 11.7 Å². The van der Waals surface area contributed by atoms with Crippen LogP contribution in [0.3, 0.4) is 0 Å². The number of carbonyl (C=O) groups excluding carboxylic acids is 2. The Morgan fingerprint density at radius 1 is 1.13 bits per heavy atom. The maximum atomic E-state index is 13.8.